The number of aryl methyl sites for hydroxylation is 1. The summed E-state index contributed by atoms with van der Waals surface area (Å²) >= 11 is 3.69. The highest BCUT2D eigenvalue weighted by atomic mass is 79.9. The first-order valence-electron chi connectivity index (χ1n) is 7.25. The topological polar surface area (TPSA) is 38.0 Å². The van der Waals surface area contributed by atoms with Gasteiger partial charge in [-0.05, 0) is 54.7 Å². The standard InChI is InChI=1S/C16H25BrN2/c1-10-4-7-14(15(17)8-10)16(19-18)13-6-5-11(2)12(3)9-13/h4,7-8,11-13,16,19H,5-6,9,18H2,1-3H3. The third kappa shape index (κ3) is 3.39. The van der Waals surface area contributed by atoms with Crippen LogP contribution in [0, 0.1) is 24.7 Å². The maximum absolute atomic E-state index is 5.85. The fraction of sp³-hybridized carbons (Fsp3) is 0.625. The van der Waals surface area contributed by atoms with Crippen LogP contribution in [-0.2, 0) is 0 Å². The minimum atomic E-state index is 0.255. The summed E-state index contributed by atoms with van der Waals surface area (Å²) in [6.07, 6.45) is 3.84. The molecular weight excluding hydrogens is 300 g/mol. The quantitative estimate of drug-likeness (QED) is 0.641. The van der Waals surface area contributed by atoms with Crippen LogP contribution < -0.4 is 11.3 Å². The van der Waals surface area contributed by atoms with Crippen molar-refractivity contribution in [2.45, 2.75) is 46.1 Å². The molecule has 3 heteroatoms. The second-order valence-electron chi connectivity index (χ2n) is 6.20. The van der Waals surface area contributed by atoms with E-state index in [2.05, 4.69) is 60.3 Å². The molecule has 0 radical (unpaired) electrons. The molecule has 0 bridgehead atoms. The summed E-state index contributed by atoms with van der Waals surface area (Å²) in [6.45, 7) is 6.85. The number of nitrogens with two attached hydrogens (primary N) is 1. The van der Waals surface area contributed by atoms with Crippen molar-refractivity contribution in [3.63, 3.8) is 0 Å². The van der Waals surface area contributed by atoms with Crippen LogP contribution in [0.15, 0.2) is 22.7 Å². The molecule has 3 N–H and O–H groups in total. The van der Waals surface area contributed by atoms with Gasteiger partial charge in [0.05, 0.1) is 0 Å². The van der Waals surface area contributed by atoms with Crippen molar-refractivity contribution in [2.24, 2.45) is 23.6 Å². The van der Waals surface area contributed by atoms with Crippen LogP contribution in [0.1, 0.15) is 50.3 Å². The molecule has 0 amide bonds. The fourth-order valence-corrected chi connectivity index (χ4v) is 4.00. The molecule has 1 aromatic carbocycles. The van der Waals surface area contributed by atoms with E-state index in [4.69, 9.17) is 5.84 Å². The first kappa shape index (κ1) is 15.0. The first-order valence-corrected chi connectivity index (χ1v) is 8.04. The van der Waals surface area contributed by atoms with Gasteiger partial charge in [-0.2, -0.15) is 0 Å². The summed E-state index contributed by atoms with van der Waals surface area (Å²) in [5.41, 5.74) is 5.62. The van der Waals surface area contributed by atoms with E-state index in [1.807, 2.05) is 0 Å². The lowest BCUT2D eigenvalue weighted by Crippen LogP contribution is -2.37. The van der Waals surface area contributed by atoms with Crippen LogP contribution >= 0.6 is 15.9 Å². The van der Waals surface area contributed by atoms with Gasteiger partial charge < -0.3 is 0 Å². The molecule has 2 rings (SSSR count). The first-order chi connectivity index (χ1) is 9.02. The Hall–Kier alpha value is -0.380. The molecule has 4 atom stereocenters. The zero-order valence-electron chi connectivity index (χ0n) is 12.1. The van der Waals surface area contributed by atoms with Gasteiger partial charge in [-0.25, -0.2) is 0 Å². The van der Waals surface area contributed by atoms with E-state index in [1.165, 1.54) is 34.9 Å². The summed E-state index contributed by atoms with van der Waals surface area (Å²) in [6, 6.07) is 6.80. The summed E-state index contributed by atoms with van der Waals surface area (Å²) in [7, 11) is 0. The third-order valence-electron chi connectivity index (χ3n) is 4.78. The molecule has 1 aliphatic carbocycles. The van der Waals surface area contributed by atoms with Crippen molar-refractivity contribution >= 4 is 15.9 Å². The summed E-state index contributed by atoms with van der Waals surface area (Å²) in [4.78, 5) is 0. The van der Waals surface area contributed by atoms with E-state index < -0.39 is 0 Å². The fourth-order valence-electron chi connectivity index (χ4n) is 3.26. The van der Waals surface area contributed by atoms with Crippen LogP contribution in [0.5, 0.6) is 0 Å². The predicted octanol–water partition coefficient (Wildman–Crippen LogP) is 4.33. The Balaban J connectivity index is 2.20. The summed E-state index contributed by atoms with van der Waals surface area (Å²) in [5, 5.41) is 0. The highest BCUT2D eigenvalue weighted by Gasteiger charge is 2.31. The lowest BCUT2D eigenvalue weighted by Gasteiger charge is -2.37. The molecule has 0 saturated heterocycles. The van der Waals surface area contributed by atoms with E-state index >= 15 is 0 Å². The average Bonchev–Trinajstić information content (AvgIpc) is 2.37. The van der Waals surface area contributed by atoms with Gasteiger partial charge in [0.25, 0.3) is 0 Å². The van der Waals surface area contributed by atoms with Gasteiger partial charge in [0.15, 0.2) is 0 Å². The number of benzene rings is 1. The Morgan fingerprint density at radius 1 is 1.26 bits per heavy atom. The van der Waals surface area contributed by atoms with Crippen molar-refractivity contribution in [1.29, 1.82) is 0 Å². The molecule has 0 aliphatic heterocycles. The molecule has 0 heterocycles. The van der Waals surface area contributed by atoms with E-state index in [1.54, 1.807) is 0 Å². The summed E-state index contributed by atoms with van der Waals surface area (Å²) < 4.78 is 1.17. The van der Waals surface area contributed by atoms with Crippen molar-refractivity contribution in [1.82, 2.24) is 5.43 Å². The normalized spacial score (nSPS) is 29.2. The second-order valence-corrected chi connectivity index (χ2v) is 7.05. The Morgan fingerprint density at radius 3 is 2.58 bits per heavy atom. The van der Waals surface area contributed by atoms with Crippen molar-refractivity contribution in [2.75, 3.05) is 0 Å². The highest BCUT2D eigenvalue weighted by Crippen LogP contribution is 2.41. The molecule has 4 unspecified atom stereocenters. The molecule has 2 nitrogen and oxygen atoms in total. The van der Waals surface area contributed by atoms with E-state index in [-0.39, 0.29) is 6.04 Å². The van der Waals surface area contributed by atoms with Gasteiger partial charge in [-0.15, -0.1) is 0 Å². The second kappa shape index (κ2) is 6.38. The Morgan fingerprint density at radius 2 is 2.00 bits per heavy atom. The molecule has 1 saturated carbocycles. The lowest BCUT2D eigenvalue weighted by molar-refractivity contribution is 0.171. The van der Waals surface area contributed by atoms with Crippen LogP contribution in [0.25, 0.3) is 0 Å². The monoisotopic (exact) mass is 324 g/mol. The number of rotatable bonds is 3. The van der Waals surface area contributed by atoms with Crippen molar-refractivity contribution < 1.29 is 0 Å². The number of hydrogen-bond donors (Lipinski definition) is 2. The Bertz CT molecular complexity index is 433. The minimum absolute atomic E-state index is 0.255. The van der Waals surface area contributed by atoms with Gasteiger partial charge in [0.1, 0.15) is 0 Å². The number of nitrogens with one attached hydrogen (secondary N) is 1. The van der Waals surface area contributed by atoms with E-state index in [0.29, 0.717) is 5.92 Å². The van der Waals surface area contributed by atoms with Crippen LogP contribution in [0.4, 0.5) is 0 Å². The molecule has 0 aromatic heterocycles. The van der Waals surface area contributed by atoms with Crippen LogP contribution in [-0.4, -0.2) is 0 Å². The zero-order chi connectivity index (χ0) is 14.0. The molecule has 19 heavy (non-hydrogen) atoms. The van der Waals surface area contributed by atoms with Gasteiger partial charge >= 0.3 is 0 Å². The minimum Gasteiger partial charge on any atom is -0.271 e. The van der Waals surface area contributed by atoms with Crippen molar-refractivity contribution in [3.05, 3.63) is 33.8 Å². The van der Waals surface area contributed by atoms with Crippen LogP contribution in [0.3, 0.4) is 0 Å². The molecular formula is C16H25BrN2. The van der Waals surface area contributed by atoms with Gasteiger partial charge in [-0.1, -0.05) is 48.3 Å². The van der Waals surface area contributed by atoms with E-state index in [9.17, 15) is 0 Å². The molecule has 1 aliphatic rings. The van der Waals surface area contributed by atoms with E-state index in [0.717, 1.165) is 11.8 Å². The van der Waals surface area contributed by atoms with Gasteiger partial charge in [0.2, 0.25) is 0 Å². The lowest BCUT2D eigenvalue weighted by atomic mass is 9.72. The SMILES string of the molecule is Cc1ccc(C(NN)C2CCC(C)C(C)C2)c(Br)c1. The zero-order valence-corrected chi connectivity index (χ0v) is 13.7. The third-order valence-corrected chi connectivity index (χ3v) is 5.47. The average molecular weight is 325 g/mol. The highest BCUT2D eigenvalue weighted by molar-refractivity contribution is 9.10. The molecule has 0 spiro atoms. The Labute approximate surface area is 125 Å². The Kier molecular flexibility index (Phi) is 5.04. The smallest absolute Gasteiger partial charge is 0.0499 e. The van der Waals surface area contributed by atoms with Gasteiger partial charge in [-0.3, -0.25) is 11.3 Å². The molecule has 106 valence electrons. The van der Waals surface area contributed by atoms with Crippen LogP contribution in [0.2, 0.25) is 0 Å². The van der Waals surface area contributed by atoms with Gasteiger partial charge in [0, 0.05) is 10.5 Å². The molecule has 1 fully saturated rings. The molecule has 1 aromatic rings. The maximum Gasteiger partial charge on any atom is 0.0499 e. The maximum atomic E-state index is 5.85. The summed E-state index contributed by atoms with van der Waals surface area (Å²) in [5.74, 6) is 8.12. The number of hydrazine groups is 1. The number of hydrogen-bond acceptors (Lipinski definition) is 2. The van der Waals surface area contributed by atoms with Crippen molar-refractivity contribution in [3.8, 4) is 0 Å². The predicted molar refractivity (Wildman–Crippen MR) is 84.6 cm³/mol. The largest absolute Gasteiger partial charge is 0.271 e. The number of halogens is 1.